The van der Waals surface area contributed by atoms with E-state index in [0.717, 1.165) is 57.8 Å². The number of ether oxygens (including phenoxy) is 1. The molecular weight excluding hydrogens is 747 g/mol. The Morgan fingerprint density at radius 1 is 0.912 bits per heavy atom. The van der Waals surface area contributed by atoms with Gasteiger partial charge in [-0.1, -0.05) is 99.6 Å². The van der Waals surface area contributed by atoms with E-state index in [0.29, 0.717) is 24.2 Å². The maximum absolute atomic E-state index is 15.2. The Morgan fingerprint density at radius 3 is 2.21 bits per heavy atom. The van der Waals surface area contributed by atoms with Gasteiger partial charge in [0.05, 0.1) is 11.8 Å². The van der Waals surface area contributed by atoms with Crippen molar-refractivity contribution in [1.82, 2.24) is 14.8 Å². The first kappa shape index (κ1) is 41.2. The van der Waals surface area contributed by atoms with Crippen LogP contribution in [0, 0.1) is 17.0 Å². The van der Waals surface area contributed by atoms with Gasteiger partial charge in [0.1, 0.15) is 24.3 Å². The molecule has 2 unspecified atom stereocenters. The number of hydrogen-bond acceptors (Lipinski definition) is 6. The van der Waals surface area contributed by atoms with Gasteiger partial charge in [-0.15, -0.1) is 11.8 Å². The van der Waals surface area contributed by atoms with Crippen molar-refractivity contribution in [2.75, 3.05) is 31.2 Å². The SMILES string of the molecule is CC(C)(C)C(c1cc(-c2cc(F)ccc2F)cn1Cc1ccccc1)N(CCCNC(=O)OCC1c2ccccc2-c2ccccc21)C(=O)CSCC(N)C(=O)O. The lowest BCUT2D eigenvalue weighted by Gasteiger charge is -2.41. The Labute approximate surface area is 336 Å². The first-order valence-electron chi connectivity index (χ1n) is 19.0. The lowest BCUT2D eigenvalue weighted by Crippen LogP contribution is -2.44. The number of carbonyl (C=O) groups excluding carboxylic acids is 2. The van der Waals surface area contributed by atoms with Gasteiger partial charge in [-0.05, 0) is 63.9 Å². The van der Waals surface area contributed by atoms with Crippen LogP contribution in [-0.2, 0) is 20.9 Å². The number of aromatic nitrogens is 1. The number of nitrogens with one attached hydrogen (secondary N) is 1. The minimum absolute atomic E-state index is 0.0335. The Bertz CT molecular complexity index is 2160. The second kappa shape index (κ2) is 18.2. The number of hydrogen-bond donors (Lipinski definition) is 3. The predicted molar refractivity (Wildman–Crippen MR) is 220 cm³/mol. The Hall–Kier alpha value is -5.46. The topological polar surface area (TPSA) is 127 Å². The maximum Gasteiger partial charge on any atom is 0.407 e. The summed E-state index contributed by atoms with van der Waals surface area (Å²) in [5.41, 5.74) is 11.9. The first-order valence-corrected chi connectivity index (χ1v) is 20.1. The van der Waals surface area contributed by atoms with Crippen LogP contribution >= 0.6 is 11.8 Å². The normalized spacial score (nSPS) is 13.4. The molecule has 1 aliphatic rings. The van der Waals surface area contributed by atoms with E-state index in [1.807, 2.05) is 79.9 Å². The molecule has 0 fully saturated rings. The smallest absolute Gasteiger partial charge is 0.407 e. The highest BCUT2D eigenvalue weighted by Crippen LogP contribution is 2.45. The van der Waals surface area contributed by atoms with Crippen LogP contribution < -0.4 is 11.1 Å². The standard InChI is InChI=1S/C45H48F2N4O5S/c1-45(2,3)42(40-22-30(36-23-31(46)18-19-38(36)47)25-50(40)24-29-12-5-4-6-13-29)51(41(52)28-57-27-39(48)43(53)54)21-11-20-49-44(55)56-26-37-34-16-9-7-14-32(34)33-15-8-10-17-35(33)37/h4-10,12-19,22-23,25,37,39,42H,11,20-21,24,26-28,48H2,1-3H3,(H,49,55)(H,53,54). The minimum Gasteiger partial charge on any atom is -0.480 e. The summed E-state index contributed by atoms with van der Waals surface area (Å²) in [5, 5.41) is 12.2. The molecule has 5 aromatic rings. The fourth-order valence-corrected chi connectivity index (χ4v) is 8.38. The van der Waals surface area contributed by atoms with E-state index in [1.54, 1.807) is 17.2 Å². The number of thioether (sulfide) groups is 1. The molecule has 9 nitrogen and oxygen atoms in total. The van der Waals surface area contributed by atoms with Crippen molar-refractivity contribution in [2.45, 2.75) is 51.7 Å². The number of benzene rings is 4. The summed E-state index contributed by atoms with van der Waals surface area (Å²) in [6, 6.07) is 29.3. The zero-order chi connectivity index (χ0) is 40.7. The molecule has 0 saturated heterocycles. The molecule has 4 aromatic carbocycles. The molecule has 0 saturated carbocycles. The molecule has 298 valence electrons. The van der Waals surface area contributed by atoms with Crippen LogP contribution in [0.5, 0.6) is 0 Å². The van der Waals surface area contributed by atoms with Gasteiger partial charge in [0.2, 0.25) is 5.91 Å². The van der Waals surface area contributed by atoms with Gasteiger partial charge in [0.15, 0.2) is 0 Å². The first-order chi connectivity index (χ1) is 27.3. The second-order valence-electron chi connectivity index (χ2n) is 15.3. The Morgan fingerprint density at radius 2 is 1.56 bits per heavy atom. The van der Waals surface area contributed by atoms with Gasteiger partial charge in [0.25, 0.3) is 0 Å². The van der Waals surface area contributed by atoms with Crippen LogP contribution in [0.4, 0.5) is 13.6 Å². The average Bonchev–Trinajstić information content (AvgIpc) is 3.74. The molecule has 0 spiro atoms. The molecule has 1 aromatic heterocycles. The van der Waals surface area contributed by atoms with E-state index in [-0.39, 0.29) is 48.6 Å². The van der Waals surface area contributed by atoms with Crippen LogP contribution in [0.15, 0.2) is 109 Å². The number of aliphatic carboxylic acids is 1. The van der Waals surface area contributed by atoms with Crippen molar-refractivity contribution in [3.63, 3.8) is 0 Å². The maximum atomic E-state index is 15.2. The van der Waals surface area contributed by atoms with Crippen LogP contribution in [0.25, 0.3) is 22.3 Å². The van der Waals surface area contributed by atoms with Gasteiger partial charge < -0.3 is 30.4 Å². The molecule has 0 aliphatic heterocycles. The molecule has 2 amide bonds. The molecule has 4 N–H and O–H groups in total. The number of carboxylic acids is 1. The minimum atomic E-state index is -1.16. The summed E-state index contributed by atoms with van der Waals surface area (Å²) in [5.74, 6) is -2.67. The molecular formula is C45H48F2N4O5S. The zero-order valence-electron chi connectivity index (χ0n) is 32.3. The molecule has 6 rings (SSSR count). The number of rotatable bonds is 16. The lowest BCUT2D eigenvalue weighted by atomic mass is 9.83. The van der Waals surface area contributed by atoms with Crippen LogP contribution in [0.3, 0.4) is 0 Å². The van der Waals surface area contributed by atoms with Crippen molar-refractivity contribution < 1.29 is 33.0 Å². The largest absolute Gasteiger partial charge is 0.480 e. The van der Waals surface area contributed by atoms with Crippen molar-refractivity contribution in [2.24, 2.45) is 11.1 Å². The molecule has 0 radical (unpaired) electrons. The zero-order valence-corrected chi connectivity index (χ0v) is 33.1. The molecule has 1 aliphatic carbocycles. The van der Waals surface area contributed by atoms with Crippen LogP contribution in [0.1, 0.15) is 61.5 Å². The number of halogens is 2. The quantitative estimate of drug-likeness (QED) is 0.0856. The summed E-state index contributed by atoms with van der Waals surface area (Å²) < 4.78 is 37.4. The molecule has 12 heteroatoms. The van der Waals surface area contributed by atoms with Crippen molar-refractivity contribution in [3.8, 4) is 22.3 Å². The second-order valence-corrected chi connectivity index (χ2v) is 16.3. The van der Waals surface area contributed by atoms with Crippen LogP contribution in [-0.4, -0.2) is 69.8 Å². The van der Waals surface area contributed by atoms with Gasteiger partial charge in [-0.2, -0.15) is 0 Å². The summed E-state index contributed by atoms with van der Waals surface area (Å²) in [7, 11) is 0. The number of nitrogens with two attached hydrogens (primary N) is 1. The van der Waals surface area contributed by atoms with Crippen molar-refractivity contribution >= 4 is 29.7 Å². The highest BCUT2D eigenvalue weighted by atomic mass is 32.2. The highest BCUT2D eigenvalue weighted by Gasteiger charge is 2.37. The summed E-state index contributed by atoms with van der Waals surface area (Å²) in [6.07, 6.45) is 1.58. The highest BCUT2D eigenvalue weighted by molar-refractivity contribution is 8.00. The summed E-state index contributed by atoms with van der Waals surface area (Å²) >= 11 is 1.13. The van der Waals surface area contributed by atoms with Gasteiger partial charge >= 0.3 is 12.1 Å². The summed E-state index contributed by atoms with van der Waals surface area (Å²) in [6.45, 7) is 7.00. The summed E-state index contributed by atoms with van der Waals surface area (Å²) in [4.78, 5) is 40.5. The average molecular weight is 795 g/mol. The third kappa shape index (κ3) is 9.92. The van der Waals surface area contributed by atoms with Gasteiger partial charge in [-0.25, -0.2) is 13.6 Å². The number of amides is 2. The van der Waals surface area contributed by atoms with Crippen molar-refractivity contribution in [3.05, 3.63) is 143 Å². The van der Waals surface area contributed by atoms with E-state index in [4.69, 9.17) is 10.5 Å². The van der Waals surface area contributed by atoms with Gasteiger partial charge in [0, 0.05) is 54.3 Å². The van der Waals surface area contributed by atoms with E-state index < -0.39 is 41.2 Å². The fourth-order valence-electron chi connectivity index (χ4n) is 7.53. The van der Waals surface area contributed by atoms with E-state index >= 15 is 4.39 Å². The third-order valence-electron chi connectivity index (χ3n) is 10.1. The predicted octanol–water partition coefficient (Wildman–Crippen LogP) is 8.47. The number of carboxylic acid groups (broad SMARTS) is 1. The molecule has 0 bridgehead atoms. The van der Waals surface area contributed by atoms with Crippen molar-refractivity contribution in [1.29, 1.82) is 0 Å². The lowest BCUT2D eigenvalue weighted by molar-refractivity contribution is -0.138. The number of nitrogens with zero attached hydrogens (tertiary/aromatic N) is 2. The van der Waals surface area contributed by atoms with E-state index in [2.05, 4.69) is 29.6 Å². The monoisotopic (exact) mass is 794 g/mol. The molecule has 2 atom stereocenters. The van der Waals surface area contributed by atoms with E-state index in [1.165, 1.54) is 0 Å². The fraction of sp³-hybridized carbons (Fsp3) is 0.311. The van der Waals surface area contributed by atoms with Crippen LogP contribution in [0.2, 0.25) is 0 Å². The number of alkyl carbamates (subject to hydrolysis) is 1. The van der Waals surface area contributed by atoms with E-state index in [9.17, 15) is 23.9 Å². The number of carbonyl (C=O) groups is 3. The molecule has 1 heterocycles. The molecule has 57 heavy (non-hydrogen) atoms. The third-order valence-corrected chi connectivity index (χ3v) is 11.2. The van der Waals surface area contributed by atoms with Gasteiger partial charge in [-0.3, -0.25) is 9.59 Å². The Kier molecular flexibility index (Phi) is 13.2. The number of fused-ring (bicyclic) bond motifs is 3. The Balaban J connectivity index is 1.23.